The average molecular weight is 466 g/mol. The molecule has 0 radical (unpaired) electrons. The monoisotopic (exact) mass is 465 g/mol. The van der Waals surface area contributed by atoms with Crippen molar-refractivity contribution in [3.05, 3.63) is 65.5 Å². The van der Waals surface area contributed by atoms with Crippen LogP contribution in [0, 0.1) is 11.8 Å². The smallest absolute Gasteiger partial charge is 0.408 e. The van der Waals surface area contributed by atoms with Crippen LogP contribution >= 0.6 is 0 Å². The Labute approximate surface area is 199 Å². The minimum absolute atomic E-state index is 0.0837. The number of Topliss-reactive ketones (excluding diaryl/α,β-unsaturated/α-hetero) is 2. The number of hydrogen-bond acceptors (Lipinski definition) is 6. The van der Waals surface area contributed by atoms with E-state index in [0.29, 0.717) is 25.8 Å². The van der Waals surface area contributed by atoms with Crippen LogP contribution in [-0.2, 0) is 38.6 Å². The predicted octanol–water partition coefficient (Wildman–Crippen LogP) is 2.78. The lowest BCUT2D eigenvalue weighted by atomic mass is 9.86. The molecule has 180 valence electrons. The number of amides is 2. The van der Waals surface area contributed by atoms with E-state index in [2.05, 4.69) is 15.6 Å². The van der Waals surface area contributed by atoms with Crippen LogP contribution in [0.3, 0.4) is 0 Å². The lowest BCUT2D eigenvalue weighted by molar-refractivity contribution is -0.141. The van der Waals surface area contributed by atoms with E-state index in [-0.39, 0.29) is 24.7 Å². The molecular formula is C26H31N3O5. The number of aryl methyl sites for hydroxylation is 1. The highest BCUT2D eigenvalue weighted by atomic mass is 16.5. The van der Waals surface area contributed by atoms with Crippen LogP contribution in [0.2, 0.25) is 0 Å². The van der Waals surface area contributed by atoms with Crippen molar-refractivity contribution < 1.29 is 23.9 Å². The highest BCUT2D eigenvalue weighted by molar-refractivity contribution is 6.37. The van der Waals surface area contributed by atoms with Gasteiger partial charge in [-0.05, 0) is 36.0 Å². The molecule has 0 fully saturated rings. The summed E-state index contributed by atoms with van der Waals surface area (Å²) in [6.45, 7) is 4.01. The number of rotatable bonds is 7. The van der Waals surface area contributed by atoms with Gasteiger partial charge in [-0.3, -0.25) is 19.4 Å². The summed E-state index contributed by atoms with van der Waals surface area (Å²) >= 11 is 0. The molecule has 2 N–H and O–H groups in total. The van der Waals surface area contributed by atoms with Crippen molar-refractivity contribution in [2.75, 3.05) is 6.54 Å². The number of aromatic nitrogens is 1. The number of ketones is 2. The summed E-state index contributed by atoms with van der Waals surface area (Å²) in [5.74, 6) is -2.59. The Balaban J connectivity index is 1.66. The number of carbonyl (C=O) groups is 4. The van der Waals surface area contributed by atoms with Crippen LogP contribution in [0.1, 0.15) is 43.5 Å². The van der Waals surface area contributed by atoms with E-state index in [1.807, 2.05) is 56.3 Å². The van der Waals surface area contributed by atoms with Crippen molar-refractivity contribution in [2.24, 2.45) is 11.8 Å². The normalized spacial score (nSPS) is 17.3. The van der Waals surface area contributed by atoms with Crippen molar-refractivity contribution in [3.8, 4) is 0 Å². The van der Waals surface area contributed by atoms with Gasteiger partial charge < -0.3 is 15.4 Å². The first-order valence-corrected chi connectivity index (χ1v) is 11.6. The van der Waals surface area contributed by atoms with Crippen LogP contribution in [0.15, 0.2) is 48.7 Å². The van der Waals surface area contributed by atoms with Crippen molar-refractivity contribution in [2.45, 2.75) is 52.2 Å². The van der Waals surface area contributed by atoms with Gasteiger partial charge in [-0.2, -0.15) is 0 Å². The van der Waals surface area contributed by atoms with E-state index in [4.69, 9.17) is 4.74 Å². The number of benzene rings is 1. The molecule has 8 nitrogen and oxygen atoms in total. The molecule has 0 saturated heterocycles. The minimum Gasteiger partial charge on any atom is -0.445 e. The molecule has 8 heteroatoms. The average Bonchev–Trinajstić information content (AvgIpc) is 2.83. The quantitative estimate of drug-likeness (QED) is 0.608. The number of nitrogens with zero attached hydrogens (tertiary/aromatic N) is 1. The molecule has 0 aliphatic carbocycles. The topological polar surface area (TPSA) is 114 Å². The fourth-order valence-electron chi connectivity index (χ4n) is 4.03. The molecule has 2 unspecified atom stereocenters. The lowest BCUT2D eigenvalue weighted by Gasteiger charge is -2.24. The number of pyridine rings is 1. The first kappa shape index (κ1) is 25.1. The van der Waals surface area contributed by atoms with Gasteiger partial charge in [0.15, 0.2) is 5.78 Å². The van der Waals surface area contributed by atoms with E-state index in [1.165, 1.54) is 0 Å². The molecule has 34 heavy (non-hydrogen) atoms. The van der Waals surface area contributed by atoms with E-state index in [9.17, 15) is 19.2 Å². The van der Waals surface area contributed by atoms with Gasteiger partial charge in [-0.15, -0.1) is 0 Å². The number of alkyl carbamates (subject to hydrolysis) is 1. The molecule has 1 aromatic heterocycles. The van der Waals surface area contributed by atoms with Crippen LogP contribution in [-0.4, -0.2) is 41.1 Å². The third-order valence-electron chi connectivity index (χ3n) is 5.94. The molecule has 3 rings (SSSR count). The number of fused-ring (bicyclic) bond motifs is 1. The van der Waals surface area contributed by atoms with Crippen molar-refractivity contribution in [3.63, 3.8) is 0 Å². The first-order chi connectivity index (χ1) is 16.3. The Morgan fingerprint density at radius 2 is 1.88 bits per heavy atom. The maximum atomic E-state index is 13.1. The molecule has 0 bridgehead atoms. The van der Waals surface area contributed by atoms with Crippen molar-refractivity contribution in [1.29, 1.82) is 0 Å². The molecule has 0 spiro atoms. The molecule has 1 aliphatic rings. The molecule has 2 aromatic rings. The minimum atomic E-state index is -0.830. The van der Waals surface area contributed by atoms with Crippen LogP contribution in [0.4, 0.5) is 4.79 Å². The second-order valence-corrected chi connectivity index (χ2v) is 8.81. The fraction of sp³-hybridized carbons (Fsp3) is 0.423. The molecule has 2 heterocycles. The van der Waals surface area contributed by atoms with Crippen molar-refractivity contribution in [1.82, 2.24) is 15.6 Å². The third-order valence-corrected chi connectivity index (χ3v) is 5.94. The van der Waals surface area contributed by atoms with Gasteiger partial charge in [0.05, 0.1) is 6.04 Å². The van der Waals surface area contributed by atoms with Gasteiger partial charge in [0, 0.05) is 37.2 Å². The second kappa shape index (κ2) is 12.1. The van der Waals surface area contributed by atoms with E-state index in [0.717, 1.165) is 16.8 Å². The zero-order chi connectivity index (χ0) is 24.5. The van der Waals surface area contributed by atoms with Crippen molar-refractivity contribution >= 4 is 23.6 Å². The maximum absolute atomic E-state index is 13.1. The van der Waals surface area contributed by atoms with E-state index < -0.39 is 29.7 Å². The molecule has 0 saturated carbocycles. The van der Waals surface area contributed by atoms with Gasteiger partial charge in [0.1, 0.15) is 6.61 Å². The SMILES string of the molecule is CC(C)C(NC(=O)OCc1ccccc1)C(=O)CC1CCc2cccnc2CCNC(=O)C1=O. The largest absolute Gasteiger partial charge is 0.445 e. The summed E-state index contributed by atoms with van der Waals surface area (Å²) < 4.78 is 5.25. The summed E-state index contributed by atoms with van der Waals surface area (Å²) in [7, 11) is 0. The summed E-state index contributed by atoms with van der Waals surface area (Å²) in [6.07, 6.45) is 2.30. The lowest BCUT2D eigenvalue weighted by Crippen LogP contribution is -2.46. The Morgan fingerprint density at radius 3 is 2.62 bits per heavy atom. The molecule has 2 atom stereocenters. The van der Waals surface area contributed by atoms with E-state index >= 15 is 0 Å². The summed E-state index contributed by atoms with van der Waals surface area (Å²) in [6, 6.07) is 12.2. The number of nitrogens with one attached hydrogen (secondary N) is 2. The Bertz CT molecular complexity index is 1020. The molecule has 1 aliphatic heterocycles. The van der Waals surface area contributed by atoms with Crippen LogP contribution < -0.4 is 10.6 Å². The van der Waals surface area contributed by atoms with Crippen LogP contribution in [0.25, 0.3) is 0 Å². The van der Waals surface area contributed by atoms with E-state index in [1.54, 1.807) is 6.20 Å². The van der Waals surface area contributed by atoms with Gasteiger partial charge in [0.25, 0.3) is 5.91 Å². The third kappa shape index (κ3) is 6.97. The van der Waals surface area contributed by atoms with Gasteiger partial charge in [-0.25, -0.2) is 4.79 Å². The standard InChI is InChI=1S/C26H31N3O5/c1-17(2)23(29-26(33)34-16-18-7-4-3-5-8-18)22(30)15-20-11-10-19-9-6-13-27-21(19)12-14-28-25(32)24(20)31/h3-9,13,17,20,23H,10-12,14-16H2,1-2H3,(H,28,32)(H,29,33). The highest BCUT2D eigenvalue weighted by Gasteiger charge is 2.32. The van der Waals surface area contributed by atoms with Gasteiger partial charge in [0.2, 0.25) is 5.78 Å². The van der Waals surface area contributed by atoms with Crippen LogP contribution in [0.5, 0.6) is 0 Å². The zero-order valence-electron chi connectivity index (χ0n) is 19.6. The first-order valence-electron chi connectivity index (χ1n) is 11.6. The number of ether oxygens (including phenoxy) is 1. The Hall–Kier alpha value is -3.55. The Kier molecular flexibility index (Phi) is 8.90. The number of carbonyl (C=O) groups excluding carboxylic acids is 4. The molecular weight excluding hydrogens is 434 g/mol. The fourth-order valence-corrected chi connectivity index (χ4v) is 4.03. The summed E-state index contributed by atoms with van der Waals surface area (Å²) in [5, 5.41) is 5.27. The highest BCUT2D eigenvalue weighted by Crippen LogP contribution is 2.20. The second-order valence-electron chi connectivity index (χ2n) is 8.81. The van der Waals surface area contributed by atoms with Gasteiger partial charge in [-0.1, -0.05) is 50.2 Å². The number of hydrogen-bond donors (Lipinski definition) is 2. The Morgan fingerprint density at radius 1 is 1.12 bits per heavy atom. The zero-order valence-corrected chi connectivity index (χ0v) is 19.6. The van der Waals surface area contributed by atoms with Gasteiger partial charge >= 0.3 is 6.09 Å². The molecule has 1 aromatic carbocycles. The predicted molar refractivity (Wildman–Crippen MR) is 126 cm³/mol. The maximum Gasteiger partial charge on any atom is 0.408 e. The molecule has 2 amide bonds. The summed E-state index contributed by atoms with van der Waals surface area (Å²) in [4.78, 5) is 55.0. The summed E-state index contributed by atoms with van der Waals surface area (Å²) in [5.41, 5.74) is 2.72.